The van der Waals surface area contributed by atoms with Gasteiger partial charge in [-0.25, -0.2) is 0 Å². The van der Waals surface area contributed by atoms with Crippen LogP contribution in [0.25, 0.3) is 0 Å². The second-order valence-corrected chi connectivity index (χ2v) is 4.80. The van der Waals surface area contributed by atoms with Crippen molar-refractivity contribution in [3.05, 3.63) is 29.8 Å². The highest BCUT2D eigenvalue weighted by molar-refractivity contribution is 5.77. The van der Waals surface area contributed by atoms with E-state index in [1.54, 1.807) is 13.8 Å². The largest absolute Gasteiger partial charge is 0.494 e. The molecule has 0 radical (unpaired) electrons. The van der Waals surface area contributed by atoms with Crippen LogP contribution in [0.4, 0.5) is 0 Å². The fourth-order valence-corrected chi connectivity index (χ4v) is 1.49. The zero-order valence-electron chi connectivity index (χ0n) is 11.4. The number of nitrogens with zero attached hydrogens (tertiary/aromatic N) is 1. The van der Waals surface area contributed by atoms with E-state index in [2.05, 4.69) is 0 Å². The highest BCUT2D eigenvalue weighted by Crippen LogP contribution is 2.18. The maximum Gasteiger partial charge on any atom is 0.323 e. The Hall–Kier alpha value is -1.55. The topological polar surface area (TPSA) is 49.8 Å². The highest BCUT2D eigenvalue weighted by Gasteiger charge is 2.31. The van der Waals surface area contributed by atoms with E-state index in [0.29, 0.717) is 13.2 Å². The van der Waals surface area contributed by atoms with E-state index >= 15 is 0 Å². The summed E-state index contributed by atoms with van der Waals surface area (Å²) in [5.41, 5.74) is 0.189. The van der Waals surface area contributed by atoms with Crippen molar-refractivity contribution < 1.29 is 14.6 Å². The molecular weight excluding hydrogens is 230 g/mol. The van der Waals surface area contributed by atoms with E-state index in [9.17, 15) is 4.79 Å². The molecule has 1 aromatic rings. The Morgan fingerprint density at radius 2 is 1.89 bits per heavy atom. The Bertz CT molecular complexity index is 398. The molecule has 0 unspecified atom stereocenters. The van der Waals surface area contributed by atoms with Gasteiger partial charge in [0.15, 0.2) is 0 Å². The van der Waals surface area contributed by atoms with Crippen LogP contribution in [-0.2, 0) is 11.3 Å². The molecular formula is C14H21NO3. The minimum absolute atomic E-state index is 0.589. The van der Waals surface area contributed by atoms with Crippen LogP contribution in [0.1, 0.15) is 26.3 Å². The fourth-order valence-electron chi connectivity index (χ4n) is 1.49. The standard InChI is InChI=1S/C14H21NO3/c1-5-18-12-8-6-11(7-9-12)10-15(4)14(2,3)13(16)17/h6-9H,5,10H2,1-4H3,(H,16,17). The second-order valence-electron chi connectivity index (χ2n) is 4.80. The number of carboxylic acids is 1. The summed E-state index contributed by atoms with van der Waals surface area (Å²) in [6.07, 6.45) is 0. The first kappa shape index (κ1) is 14.5. The molecule has 0 aromatic heterocycles. The highest BCUT2D eigenvalue weighted by atomic mass is 16.5. The Labute approximate surface area is 108 Å². The van der Waals surface area contributed by atoms with Crippen LogP contribution in [0, 0.1) is 0 Å². The molecule has 100 valence electrons. The third-order valence-corrected chi connectivity index (χ3v) is 3.13. The molecule has 4 heteroatoms. The molecule has 0 atom stereocenters. The van der Waals surface area contributed by atoms with E-state index in [1.807, 2.05) is 43.1 Å². The van der Waals surface area contributed by atoms with Gasteiger partial charge < -0.3 is 9.84 Å². The van der Waals surface area contributed by atoms with E-state index in [4.69, 9.17) is 9.84 Å². The monoisotopic (exact) mass is 251 g/mol. The number of carbonyl (C=O) groups is 1. The van der Waals surface area contributed by atoms with Gasteiger partial charge in [0.25, 0.3) is 0 Å². The molecule has 4 nitrogen and oxygen atoms in total. The normalized spacial score (nSPS) is 11.6. The second kappa shape index (κ2) is 5.87. The lowest BCUT2D eigenvalue weighted by molar-refractivity contribution is -0.148. The summed E-state index contributed by atoms with van der Waals surface area (Å²) in [4.78, 5) is 12.9. The van der Waals surface area contributed by atoms with Gasteiger partial charge in [0.1, 0.15) is 11.3 Å². The van der Waals surface area contributed by atoms with E-state index in [-0.39, 0.29) is 0 Å². The Balaban J connectivity index is 2.70. The third-order valence-electron chi connectivity index (χ3n) is 3.13. The van der Waals surface area contributed by atoms with Crippen molar-refractivity contribution in [3.8, 4) is 5.75 Å². The lowest BCUT2D eigenvalue weighted by atomic mass is 10.0. The minimum Gasteiger partial charge on any atom is -0.494 e. The molecule has 0 saturated carbocycles. The van der Waals surface area contributed by atoms with Crippen molar-refractivity contribution >= 4 is 5.97 Å². The summed E-state index contributed by atoms with van der Waals surface area (Å²) in [7, 11) is 1.81. The number of aliphatic carboxylic acids is 1. The van der Waals surface area contributed by atoms with Crippen molar-refractivity contribution in [2.75, 3.05) is 13.7 Å². The zero-order chi connectivity index (χ0) is 13.8. The Morgan fingerprint density at radius 1 is 1.33 bits per heavy atom. The van der Waals surface area contributed by atoms with Crippen LogP contribution < -0.4 is 4.74 Å². The first-order chi connectivity index (χ1) is 8.37. The predicted molar refractivity (Wildman–Crippen MR) is 70.8 cm³/mol. The van der Waals surface area contributed by atoms with Crippen LogP contribution in [0.15, 0.2) is 24.3 Å². The van der Waals surface area contributed by atoms with E-state index in [0.717, 1.165) is 11.3 Å². The number of ether oxygens (including phenoxy) is 1. The minimum atomic E-state index is -0.876. The van der Waals surface area contributed by atoms with Crippen LogP contribution in [0.3, 0.4) is 0 Å². The maximum atomic E-state index is 11.1. The number of hydrogen-bond acceptors (Lipinski definition) is 3. The first-order valence-electron chi connectivity index (χ1n) is 6.04. The van der Waals surface area contributed by atoms with Gasteiger partial charge in [0, 0.05) is 6.54 Å². The molecule has 1 N–H and O–H groups in total. The molecule has 1 aromatic carbocycles. The number of likely N-dealkylation sites (N-methyl/N-ethyl adjacent to an activating group) is 1. The number of benzene rings is 1. The van der Waals surface area contributed by atoms with Gasteiger partial charge in [-0.3, -0.25) is 9.69 Å². The lowest BCUT2D eigenvalue weighted by Gasteiger charge is -2.31. The molecule has 0 spiro atoms. The van der Waals surface area contributed by atoms with Crippen molar-refractivity contribution in [2.24, 2.45) is 0 Å². The zero-order valence-corrected chi connectivity index (χ0v) is 11.4. The van der Waals surface area contributed by atoms with Gasteiger partial charge in [-0.05, 0) is 45.5 Å². The summed E-state index contributed by atoms with van der Waals surface area (Å²) in [6.45, 7) is 6.57. The molecule has 1 rings (SSSR count). The quantitative estimate of drug-likeness (QED) is 0.843. The van der Waals surface area contributed by atoms with Crippen LogP contribution in [-0.4, -0.2) is 35.2 Å². The van der Waals surface area contributed by atoms with Gasteiger partial charge in [0.2, 0.25) is 0 Å². The van der Waals surface area contributed by atoms with Crippen LogP contribution in [0.2, 0.25) is 0 Å². The molecule has 0 amide bonds. The van der Waals surface area contributed by atoms with Gasteiger partial charge >= 0.3 is 5.97 Å². The molecule has 18 heavy (non-hydrogen) atoms. The summed E-state index contributed by atoms with van der Waals surface area (Å²) in [5.74, 6) is 0.0114. The summed E-state index contributed by atoms with van der Waals surface area (Å²) >= 11 is 0. The average Bonchev–Trinajstić information content (AvgIpc) is 2.31. The lowest BCUT2D eigenvalue weighted by Crippen LogP contribution is -2.47. The van der Waals surface area contributed by atoms with Crippen LogP contribution in [0.5, 0.6) is 5.75 Å². The number of hydrogen-bond donors (Lipinski definition) is 1. The summed E-state index contributed by atoms with van der Waals surface area (Å²) in [5, 5.41) is 9.14. The Morgan fingerprint density at radius 3 is 2.33 bits per heavy atom. The Kier molecular flexibility index (Phi) is 4.73. The van der Waals surface area contributed by atoms with Gasteiger partial charge in [-0.1, -0.05) is 12.1 Å². The molecule has 0 aliphatic carbocycles. The molecule has 0 saturated heterocycles. The van der Waals surface area contributed by atoms with Crippen molar-refractivity contribution in [1.82, 2.24) is 4.90 Å². The van der Waals surface area contributed by atoms with E-state index < -0.39 is 11.5 Å². The van der Waals surface area contributed by atoms with Gasteiger partial charge in [-0.15, -0.1) is 0 Å². The summed E-state index contributed by atoms with van der Waals surface area (Å²) < 4.78 is 5.36. The maximum absolute atomic E-state index is 11.1. The molecule has 0 aliphatic rings. The smallest absolute Gasteiger partial charge is 0.323 e. The van der Waals surface area contributed by atoms with Crippen molar-refractivity contribution in [3.63, 3.8) is 0 Å². The third kappa shape index (κ3) is 3.47. The molecule has 0 aliphatic heterocycles. The number of rotatable bonds is 6. The molecule has 0 bridgehead atoms. The number of carboxylic acid groups (broad SMARTS) is 1. The fraction of sp³-hybridized carbons (Fsp3) is 0.500. The summed E-state index contributed by atoms with van der Waals surface area (Å²) in [6, 6.07) is 7.72. The first-order valence-corrected chi connectivity index (χ1v) is 6.04. The average molecular weight is 251 g/mol. The SMILES string of the molecule is CCOc1ccc(CN(C)C(C)(C)C(=O)O)cc1. The van der Waals surface area contributed by atoms with Crippen molar-refractivity contribution in [2.45, 2.75) is 32.9 Å². The van der Waals surface area contributed by atoms with Gasteiger partial charge in [0.05, 0.1) is 6.61 Å². The van der Waals surface area contributed by atoms with Gasteiger partial charge in [-0.2, -0.15) is 0 Å². The van der Waals surface area contributed by atoms with Crippen molar-refractivity contribution in [1.29, 1.82) is 0 Å². The molecule has 0 heterocycles. The van der Waals surface area contributed by atoms with E-state index in [1.165, 1.54) is 0 Å². The predicted octanol–water partition coefficient (Wildman–Crippen LogP) is 2.38. The van der Waals surface area contributed by atoms with Crippen LogP contribution >= 0.6 is 0 Å². The molecule has 0 fully saturated rings.